The number of ketones is 2. The SMILES string of the molecule is CC1(C)[C@@]2(C(=O)Cl)CC[C@]1(C)C(=O)C2=O. The summed E-state index contributed by atoms with van der Waals surface area (Å²) >= 11 is 5.56. The number of halogens is 1. The number of hydrogen-bond donors (Lipinski definition) is 0. The molecule has 0 amide bonds. The van der Waals surface area contributed by atoms with E-state index in [1.807, 2.05) is 0 Å². The first-order valence-corrected chi connectivity index (χ1v) is 5.39. The van der Waals surface area contributed by atoms with Crippen LogP contribution in [0.2, 0.25) is 0 Å². The van der Waals surface area contributed by atoms with Gasteiger partial charge in [-0.15, -0.1) is 0 Å². The molecule has 0 N–H and O–H groups in total. The molecule has 2 saturated carbocycles. The van der Waals surface area contributed by atoms with Crippen molar-refractivity contribution >= 4 is 28.4 Å². The summed E-state index contributed by atoms with van der Waals surface area (Å²) in [5, 5.41) is -0.674. The highest BCUT2D eigenvalue weighted by Gasteiger charge is 2.77. The Morgan fingerprint density at radius 1 is 1.13 bits per heavy atom. The standard InChI is InChI=1S/C11H13ClO3/c1-9(2)10(3)4-5-11(9,8(12)15)7(14)6(10)13/h4-5H2,1-3H3/t10-,11+/m1/s1. The van der Waals surface area contributed by atoms with Gasteiger partial charge in [-0.1, -0.05) is 20.8 Å². The Morgan fingerprint density at radius 3 is 1.93 bits per heavy atom. The van der Waals surface area contributed by atoms with Gasteiger partial charge in [-0.2, -0.15) is 0 Å². The van der Waals surface area contributed by atoms with Crippen LogP contribution in [0, 0.1) is 16.2 Å². The Kier molecular flexibility index (Phi) is 1.81. The first kappa shape index (κ1) is 10.8. The fraction of sp³-hybridized carbons (Fsp3) is 0.727. The molecule has 0 aromatic rings. The highest BCUT2D eigenvalue weighted by Crippen LogP contribution is 2.69. The minimum absolute atomic E-state index is 0.406. The van der Waals surface area contributed by atoms with E-state index in [2.05, 4.69) is 0 Å². The Morgan fingerprint density at radius 2 is 1.67 bits per heavy atom. The van der Waals surface area contributed by atoms with Gasteiger partial charge in [0.1, 0.15) is 5.41 Å². The molecule has 82 valence electrons. The molecule has 2 rings (SSSR count). The van der Waals surface area contributed by atoms with E-state index in [9.17, 15) is 14.4 Å². The Labute approximate surface area is 93.2 Å². The van der Waals surface area contributed by atoms with Gasteiger partial charge in [0, 0.05) is 5.41 Å². The zero-order valence-corrected chi connectivity index (χ0v) is 9.77. The Balaban J connectivity index is 2.73. The van der Waals surface area contributed by atoms with Crippen LogP contribution in [0.5, 0.6) is 0 Å². The van der Waals surface area contributed by atoms with Crippen LogP contribution in [0.15, 0.2) is 0 Å². The Hall–Kier alpha value is -0.700. The highest BCUT2D eigenvalue weighted by molar-refractivity contribution is 6.70. The Bertz CT molecular complexity index is 399. The van der Waals surface area contributed by atoms with Crippen molar-refractivity contribution < 1.29 is 14.4 Å². The van der Waals surface area contributed by atoms with E-state index in [-0.39, 0.29) is 0 Å². The second-order valence-corrected chi connectivity index (χ2v) is 5.64. The minimum Gasteiger partial charge on any atom is -0.290 e. The van der Waals surface area contributed by atoms with Crippen molar-refractivity contribution in [2.24, 2.45) is 16.2 Å². The molecule has 3 nitrogen and oxygen atoms in total. The van der Waals surface area contributed by atoms with Crippen molar-refractivity contribution in [3.8, 4) is 0 Å². The van der Waals surface area contributed by atoms with E-state index >= 15 is 0 Å². The van der Waals surface area contributed by atoms with Gasteiger partial charge in [0.05, 0.1) is 0 Å². The minimum atomic E-state index is -1.26. The maximum Gasteiger partial charge on any atom is 0.236 e. The van der Waals surface area contributed by atoms with Crippen molar-refractivity contribution in [1.29, 1.82) is 0 Å². The van der Waals surface area contributed by atoms with Gasteiger partial charge in [0.2, 0.25) is 16.8 Å². The molecule has 0 aliphatic heterocycles. The van der Waals surface area contributed by atoms with Crippen molar-refractivity contribution in [2.45, 2.75) is 33.6 Å². The van der Waals surface area contributed by atoms with Crippen LogP contribution in [0.3, 0.4) is 0 Å². The molecule has 0 aromatic heterocycles. The van der Waals surface area contributed by atoms with Crippen LogP contribution in [0.1, 0.15) is 33.6 Å². The maximum absolute atomic E-state index is 11.9. The van der Waals surface area contributed by atoms with E-state index in [0.29, 0.717) is 12.8 Å². The summed E-state index contributed by atoms with van der Waals surface area (Å²) in [7, 11) is 0. The molecule has 4 heteroatoms. The van der Waals surface area contributed by atoms with Gasteiger partial charge in [-0.3, -0.25) is 14.4 Å². The van der Waals surface area contributed by atoms with E-state index in [0.717, 1.165) is 0 Å². The summed E-state index contributed by atoms with van der Waals surface area (Å²) in [5.41, 5.74) is -2.64. The predicted octanol–water partition coefficient (Wildman–Crippen LogP) is 1.72. The quantitative estimate of drug-likeness (QED) is 0.390. The van der Waals surface area contributed by atoms with Gasteiger partial charge in [-0.05, 0) is 29.9 Å². The summed E-state index contributed by atoms with van der Waals surface area (Å²) in [5.74, 6) is -1.01. The van der Waals surface area contributed by atoms with Crippen LogP contribution in [-0.2, 0) is 14.4 Å². The number of Topliss-reactive ketones (excluding diaryl/α,β-unsaturated/α-hetero) is 2. The first-order chi connectivity index (χ1) is 6.72. The molecule has 15 heavy (non-hydrogen) atoms. The predicted molar refractivity (Wildman–Crippen MR) is 54.4 cm³/mol. The monoisotopic (exact) mass is 228 g/mol. The number of carbonyl (C=O) groups is 3. The third kappa shape index (κ3) is 0.792. The zero-order valence-electron chi connectivity index (χ0n) is 9.02. The van der Waals surface area contributed by atoms with Gasteiger partial charge in [0.25, 0.3) is 0 Å². The van der Waals surface area contributed by atoms with Crippen LogP contribution in [-0.4, -0.2) is 16.8 Å². The topological polar surface area (TPSA) is 51.2 Å². The zero-order chi connectivity index (χ0) is 11.6. The highest BCUT2D eigenvalue weighted by atomic mass is 35.5. The molecule has 2 atom stereocenters. The molecule has 0 heterocycles. The molecule has 0 unspecified atom stereocenters. The normalized spacial score (nSPS) is 42.4. The van der Waals surface area contributed by atoms with Crippen molar-refractivity contribution in [3.63, 3.8) is 0 Å². The molecule has 0 radical (unpaired) electrons. The number of fused-ring (bicyclic) bond motifs is 2. The maximum atomic E-state index is 11.9. The summed E-state index contributed by atoms with van der Waals surface area (Å²) < 4.78 is 0. The average Bonchev–Trinajstić information content (AvgIpc) is 2.39. The number of carbonyl (C=O) groups excluding carboxylic acids is 3. The molecule has 2 bridgehead atoms. The summed E-state index contributed by atoms with van der Waals surface area (Å²) in [6.07, 6.45) is 0.979. The second kappa shape index (κ2) is 2.51. The molecule has 2 aliphatic rings. The lowest BCUT2D eigenvalue weighted by molar-refractivity contribution is -0.146. The largest absolute Gasteiger partial charge is 0.290 e. The number of hydrogen-bond acceptors (Lipinski definition) is 3. The fourth-order valence-electron chi connectivity index (χ4n) is 3.21. The van der Waals surface area contributed by atoms with Gasteiger partial charge >= 0.3 is 0 Å². The fourth-order valence-corrected chi connectivity index (χ4v) is 3.62. The van der Waals surface area contributed by atoms with Crippen LogP contribution >= 0.6 is 11.6 Å². The molecular formula is C11H13ClO3. The summed E-state index contributed by atoms with van der Waals surface area (Å²) in [6.45, 7) is 5.36. The van der Waals surface area contributed by atoms with Gasteiger partial charge in [-0.25, -0.2) is 0 Å². The third-order valence-electron chi connectivity index (χ3n) is 4.88. The molecule has 0 spiro atoms. The van der Waals surface area contributed by atoms with Gasteiger partial charge < -0.3 is 0 Å². The molecule has 0 aromatic carbocycles. The van der Waals surface area contributed by atoms with E-state index < -0.39 is 33.1 Å². The molecular weight excluding hydrogens is 216 g/mol. The first-order valence-electron chi connectivity index (χ1n) is 5.01. The molecule has 2 fully saturated rings. The summed E-state index contributed by atoms with van der Waals surface area (Å²) in [4.78, 5) is 35.3. The average molecular weight is 229 g/mol. The van der Waals surface area contributed by atoms with E-state index in [1.54, 1.807) is 20.8 Å². The lowest BCUT2D eigenvalue weighted by atomic mass is 9.65. The van der Waals surface area contributed by atoms with Crippen molar-refractivity contribution in [3.05, 3.63) is 0 Å². The van der Waals surface area contributed by atoms with Crippen LogP contribution in [0.4, 0.5) is 0 Å². The smallest absolute Gasteiger partial charge is 0.236 e. The number of rotatable bonds is 1. The molecule has 2 aliphatic carbocycles. The lowest BCUT2D eigenvalue weighted by Crippen LogP contribution is -2.42. The summed E-state index contributed by atoms with van der Waals surface area (Å²) in [6, 6.07) is 0. The third-order valence-corrected chi connectivity index (χ3v) is 5.20. The van der Waals surface area contributed by atoms with Crippen LogP contribution < -0.4 is 0 Å². The van der Waals surface area contributed by atoms with Gasteiger partial charge in [0.15, 0.2) is 0 Å². The van der Waals surface area contributed by atoms with E-state index in [4.69, 9.17) is 11.6 Å². The lowest BCUT2D eigenvalue weighted by Gasteiger charge is -2.35. The molecule has 0 saturated heterocycles. The second-order valence-electron chi connectivity index (χ2n) is 5.29. The van der Waals surface area contributed by atoms with E-state index in [1.165, 1.54) is 0 Å². The van der Waals surface area contributed by atoms with Crippen LogP contribution in [0.25, 0.3) is 0 Å². The van der Waals surface area contributed by atoms with Crippen molar-refractivity contribution in [2.75, 3.05) is 0 Å². The van der Waals surface area contributed by atoms with Crippen molar-refractivity contribution in [1.82, 2.24) is 0 Å².